The molecular formula is C12H10N2O. The van der Waals surface area contributed by atoms with E-state index in [2.05, 4.69) is 10.3 Å². The zero-order chi connectivity index (χ0) is 10.5. The molecule has 0 amide bonds. The van der Waals surface area contributed by atoms with E-state index < -0.39 is 0 Å². The molecule has 0 unspecified atom stereocenters. The van der Waals surface area contributed by atoms with Gasteiger partial charge in [0, 0.05) is 24.0 Å². The first-order valence-electron chi connectivity index (χ1n) is 4.68. The summed E-state index contributed by atoms with van der Waals surface area (Å²) in [4.78, 5) is 14.7. The minimum atomic E-state index is 0.462. The van der Waals surface area contributed by atoms with Gasteiger partial charge in [0.05, 0.1) is 0 Å². The molecule has 3 nitrogen and oxygen atoms in total. The molecule has 0 radical (unpaired) electrons. The minimum Gasteiger partial charge on any atom is -0.350 e. The van der Waals surface area contributed by atoms with E-state index in [9.17, 15) is 4.79 Å². The Morgan fingerprint density at radius 2 is 2.33 bits per heavy atom. The predicted octanol–water partition coefficient (Wildman–Crippen LogP) is 1.38. The highest BCUT2D eigenvalue weighted by Gasteiger charge is 2.04. The maximum Gasteiger partial charge on any atom is 0.150 e. The van der Waals surface area contributed by atoms with Crippen LogP contribution in [0.3, 0.4) is 0 Å². The van der Waals surface area contributed by atoms with Crippen LogP contribution in [0.15, 0.2) is 54.0 Å². The molecule has 0 saturated carbocycles. The standard InChI is InChI=1S/C12H10N2O/c15-9-12-6-3-5-11(14-12)8-10-4-1-2-7-13-10/h1-7,14H,8H2. The van der Waals surface area contributed by atoms with Crippen LogP contribution in [0.5, 0.6) is 0 Å². The lowest BCUT2D eigenvalue weighted by atomic mass is 10.1. The highest BCUT2D eigenvalue weighted by molar-refractivity contribution is 5.58. The number of hydrogen-bond donors (Lipinski definition) is 1. The summed E-state index contributed by atoms with van der Waals surface area (Å²) >= 11 is 0. The first kappa shape index (κ1) is 9.44. The van der Waals surface area contributed by atoms with Crippen LogP contribution in [0, 0.1) is 0 Å². The largest absolute Gasteiger partial charge is 0.350 e. The van der Waals surface area contributed by atoms with E-state index in [4.69, 9.17) is 0 Å². The topological polar surface area (TPSA) is 42.0 Å². The fraction of sp³-hybridized carbons (Fsp3) is 0.0833. The van der Waals surface area contributed by atoms with Crippen molar-refractivity contribution < 1.29 is 4.79 Å². The summed E-state index contributed by atoms with van der Waals surface area (Å²) in [5.74, 6) is 1.83. The Bertz CT molecular complexity index is 454. The minimum absolute atomic E-state index is 0.462. The molecule has 3 heteroatoms. The summed E-state index contributed by atoms with van der Waals surface area (Å²) < 4.78 is 0. The molecule has 1 aromatic heterocycles. The van der Waals surface area contributed by atoms with Crippen molar-refractivity contribution in [3.63, 3.8) is 0 Å². The molecule has 0 spiro atoms. The summed E-state index contributed by atoms with van der Waals surface area (Å²) in [6, 6.07) is 5.77. The predicted molar refractivity (Wildman–Crippen MR) is 57.5 cm³/mol. The Labute approximate surface area is 87.8 Å². The van der Waals surface area contributed by atoms with Gasteiger partial charge in [-0.1, -0.05) is 12.1 Å². The van der Waals surface area contributed by atoms with Gasteiger partial charge in [0.25, 0.3) is 0 Å². The number of nitrogens with zero attached hydrogens (tertiary/aromatic N) is 1. The molecule has 1 aliphatic rings. The smallest absolute Gasteiger partial charge is 0.150 e. The number of carbonyl (C=O) groups excluding carboxylic acids is 1. The number of hydrogen-bond acceptors (Lipinski definition) is 3. The molecule has 15 heavy (non-hydrogen) atoms. The molecule has 2 rings (SSSR count). The van der Waals surface area contributed by atoms with Crippen molar-refractivity contribution in [1.29, 1.82) is 0 Å². The van der Waals surface area contributed by atoms with Gasteiger partial charge in [0.2, 0.25) is 0 Å². The first-order valence-corrected chi connectivity index (χ1v) is 4.68. The van der Waals surface area contributed by atoms with E-state index in [1.807, 2.05) is 36.3 Å². The molecular weight excluding hydrogens is 188 g/mol. The van der Waals surface area contributed by atoms with Crippen LogP contribution >= 0.6 is 0 Å². The second kappa shape index (κ2) is 4.40. The Balaban J connectivity index is 2.11. The van der Waals surface area contributed by atoms with E-state index in [1.165, 1.54) is 0 Å². The maximum absolute atomic E-state index is 10.4. The number of aromatic nitrogens is 1. The van der Waals surface area contributed by atoms with Crippen molar-refractivity contribution in [2.75, 3.05) is 0 Å². The average molecular weight is 198 g/mol. The van der Waals surface area contributed by atoms with Gasteiger partial charge in [-0.25, -0.2) is 4.79 Å². The third kappa shape index (κ3) is 2.42. The van der Waals surface area contributed by atoms with Gasteiger partial charge < -0.3 is 5.32 Å². The molecule has 0 saturated heterocycles. The van der Waals surface area contributed by atoms with Crippen LogP contribution in [-0.2, 0) is 11.2 Å². The van der Waals surface area contributed by atoms with Gasteiger partial charge in [-0.3, -0.25) is 4.98 Å². The summed E-state index contributed by atoms with van der Waals surface area (Å²) in [5.41, 5.74) is 2.38. The van der Waals surface area contributed by atoms with Gasteiger partial charge >= 0.3 is 0 Å². The second-order valence-electron chi connectivity index (χ2n) is 3.19. The number of rotatable bonds is 2. The lowest BCUT2D eigenvalue weighted by Crippen LogP contribution is -2.16. The molecule has 1 aliphatic heterocycles. The summed E-state index contributed by atoms with van der Waals surface area (Å²) in [5, 5.41) is 2.98. The van der Waals surface area contributed by atoms with Gasteiger partial charge in [0.1, 0.15) is 5.70 Å². The SMILES string of the molecule is O=C=C1C=CC=C(Cc2ccccn2)N1. The quantitative estimate of drug-likeness (QED) is 0.730. The third-order valence-electron chi connectivity index (χ3n) is 2.06. The molecule has 2 heterocycles. The fourth-order valence-electron chi connectivity index (χ4n) is 1.38. The van der Waals surface area contributed by atoms with Crippen LogP contribution in [-0.4, -0.2) is 10.9 Å². The van der Waals surface area contributed by atoms with Crippen LogP contribution in [0.4, 0.5) is 0 Å². The van der Waals surface area contributed by atoms with Crippen molar-refractivity contribution in [3.8, 4) is 0 Å². The van der Waals surface area contributed by atoms with Crippen molar-refractivity contribution in [1.82, 2.24) is 10.3 Å². The van der Waals surface area contributed by atoms with Crippen LogP contribution in [0.25, 0.3) is 0 Å². The molecule has 1 N–H and O–H groups in total. The van der Waals surface area contributed by atoms with E-state index in [-0.39, 0.29) is 0 Å². The third-order valence-corrected chi connectivity index (χ3v) is 2.06. The van der Waals surface area contributed by atoms with Crippen LogP contribution in [0.2, 0.25) is 0 Å². The zero-order valence-corrected chi connectivity index (χ0v) is 8.10. The average Bonchev–Trinajstić information content (AvgIpc) is 2.31. The Morgan fingerprint density at radius 1 is 1.40 bits per heavy atom. The van der Waals surface area contributed by atoms with E-state index >= 15 is 0 Å². The van der Waals surface area contributed by atoms with Crippen LogP contribution in [0.1, 0.15) is 5.69 Å². The normalized spacial score (nSPS) is 14.1. The van der Waals surface area contributed by atoms with Crippen molar-refractivity contribution in [2.24, 2.45) is 0 Å². The van der Waals surface area contributed by atoms with E-state index in [0.717, 1.165) is 11.4 Å². The van der Waals surface area contributed by atoms with Crippen LogP contribution < -0.4 is 5.32 Å². The highest BCUT2D eigenvalue weighted by Crippen LogP contribution is 2.08. The zero-order valence-electron chi connectivity index (χ0n) is 8.10. The Hall–Kier alpha value is -2.12. The van der Waals surface area contributed by atoms with E-state index in [0.29, 0.717) is 12.1 Å². The van der Waals surface area contributed by atoms with Crippen molar-refractivity contribution >= 4 is 5.94 Å². The molecule has 0 bridgehead atoms. The molecule has 0 aromatic carbocycles. The highest BCUT2D eigenvalue weighted by atomic mass is 16.1. The summed E-state index contributed by atoms with van der Waals surface area (Å²) in [6.45, 7) is 0. The lowest BCUT2D eigenvalue weighted by molar-refractivity contribution is 0.566. The number of dihydropyridines is 1. The second-order valence-corrected chi connectivity index (χ2v) is 3.19. The summed E-state index contributed by atoms with van der Waals surface area (Å²) in [7, 11) is 0. The number of pyridine rings is 1. The molecule has 74 valence electrons. The number of allylic oxidation sites excluding steroid dienone is 4. The Morgan fingerprint density at radius 3 is 3.07 bits per heavy atom. The number of nitrogens with one attached hydrogen (secondary N) is 1. The van der Waals surface area contributed by atoms with E-state index in [1.54, 1.807) is 12.3 Å². The van der Waals surface area contributed by atoms with Crippen molar-refractivity contribution in [3.05, 3.63) is 59.7 Å². The van der Waals surface area contributed by atoms with Gasteiger partial charge in [-0.15, -0.1) is 0 Å². The van der Waals surface area contributed by atoms with Crippen molar-refractivity contribution in [2.45, 2.75) is 6.42 Å². The summed E-state index contributed by atoms with van der Waals surface area (Å²) in [6.07, 6.45) is 7.89. The molecule has 0 atom stereocenters. The molecule has 0 fully saturated rings. The lowest BCUT2D eigenvalue weighted by Gasteiger charge is -2.11. The Kier molecular flexibility index (Phi) is 2.77. The van der Waals surface area contributed by atoms with Gasteiger partial charge in [-0.2, -0.15) is 0 Å². The monoisotopic (exact) mass is 198 g/mol. The van der Waals surface area contributed by atoms with Gasteiger partial charge in [0.15, 0.2) is 5.94 Å². The maximum atomic E-state index is 10.4. The molecule has 0 aliphatic carbocycles. The van der Waals surface area contributed by atoms with Gasteiger partial charge in [-0.05, 0) is 24.3 Å². The first-order chi connectivity index (χ1) is 7.38. The fourth-order valence-corrected chi connectivity index (χ4v) is 1.38. The molecule has 1 aromatic rings.